The van der Waals surface area contributed by atoms with Gasteiger partial charge in [-0.25, -0.2) is 0 Å². The van der Waals surface area contributed by atoms with Gasteiger partial charge in [0.1, 0.15) is 6.10 Å². The maximum Gasteiger partial charge on any atom is 0.418 e. The number of ether oxygens (including phenoxy) is 1. The van der Waals surface area contributed by atoms with E-state index in [-0.39, 0.29) is 17.5 Å². The number of rotatable bonds is 2. The first-order valence-corrected chi connectivity index (χ1v) is 6.20. The van der Waals surface area contributed by atoms with E-state index in [2.05, 4.69) is 5.32 Å². The van der Waals surface area contributed by atoms with Crippen molar-refractivity contribution in [1.82, 2.24) is 0 Å². The minimum Gasteiger partial charge on any atom is -0.399 e. The molecule has 0 aliphatic carbocycles. The average Bonchev–Trinajstić information content (AvgIpc) is 2.77. The molecule has 1 amide bonds. The topological polar surface area (TPSA) is 64.4 Å². The van der Waals surface area contributed by atoms with Gasteiger partial charge < -0.3 is 15.8 Å². The molecule has 1 aromatic carbocycles. The zero-order valence-electron chi connectivity index (χ0n) is 10.8. The number of amides is 1. The number of benzene rings is 1. The van der Waals surface area contributed by atoms with Gasteiger partial charge in [0.2, 0.25) is 0 Å². The van der Waals surface area contributed by atoms with Gasteiger partial charge in [0.15, 0.2) is 0 Å². The number of hydrogen-bond donors (Lipinski definition) is 2. The Morgan fingerprint density at radius 2 is 2.10 bits per heavy atom. The van der Waals surface area contributed by atoms with Crippen molar-refractivity contribution in [2.24, 2.45) is 0 Å². The van der Waals surface area contributed by atoms with Crippen LogP contribution < -0.4 is 11.1 Å². The summed E-state index contributed by atoms with van der Waals surface area (Å²) in [5, 5.41) is 2.27. The molecule has 1 fully saturated rings. The first kappa shape index (κ1) is 14.6. The van der Waals surface area contributed by atoms with Gasteiger partial charge in [-0.3, -0.25) is 4.79 Å². The number of anilines is 2. The van der Waals surface area contributed by atoms with Crippen LogP contribution in [0.4, 0.5) is 24.5 Å². The minimum atomic E-state index is -4.58. The Balaban J connectivity index is 2.19. The second-order valence-corrected chi connectivity index (χ2v) is 4.80. The zero-order chi connectivity index (χ0) is 14.9. The van der Waals surface area contributed by atoms with Crippen LogP contribution in [0.3, 0.4) is 0 Å². The van der Waals surface area contributed by atoms with Crippen LogP contribution in [0, 0.1) is 0 Å². The Kier molecular flexibility index (Phi) is 3.89. The summed E-state index contributed by atoms with van der Waals surface area (Å²) in [4.78, 5) is 11.9. The van der Waals surface area contributed by atoms with E-state index in [1.807, 2.05) is 6.92 Å². The molecular weight excluding hydrogens is 273 g/mol. The first-order valence-electron chi connectivity index (χ1n) is 6.20. The van der Waals surface area contributed by atoms with E-state index >= 15 is 0 Å². The summed E-state index contributed by atoms with van der Waals surface area (Å²) in [7, 11) is 0. The summed E-state index contributed by atoms with van der Waals surface area (Å²) in [5.74, 6) is -0.565. The van der Waals surface area contributed by atoms with E-state index in [0.717, 1.165) is 12.1 Å². The van der Waals surface area contributed by atoms with E-state index in [0.29, 0.717) is 12.8 Å². The standard InChI is InChI=1S/C13H15F3N2O2/c1-7-2-5-11(20-7)12(19)18-10-4-3-8(17)6-9(10)13(14,15)16/h3-4,6-7,11H,2,5,17H2,1H3,(H,18,19). The molecule has 1 aromatic rings. The lowest BCUT2D eigenvalue weighted by molar-refractivity contribution is -0.137. The molecule has 110 valence electrons. The number of nitrogens with two attached hydrogens (primary N) is 1. The van der Waals surface area contributed by atoms with Crippen molar-refractivity contribution in [1.29, 1.82) is 0 Å². The normalized spacial score (nSPS) is 22.8. The molecule has 7 heteroatoms. The fraction of sp³-hybridized carbons (Fsp3) is 0.462. The third-order valence-corrected chi connectivity index (χ3v) is 3.13. The van der Waals surface area contributed by atoms with Crippen LogP contribution in [0.15, 0.2) is 18.2 Å². The molecule has 1 heterocycles. The largest absolute Gasteiger partial charge is 0.418 e. The molecule has 0 spiro atoms. The molecule has 0 saturated carbocycles. The third kappa shape index (κ3) is 3.22. The number of hydrogen-bond acceptors (Lipinski definition) is 3. The van der Waals surface area contributed by atoms with Crippen molar-refractivity contribution in [2.75, 3.05) is 11.1 Å². The molecule has 20 heavy (non-hydrogen) atoms. The molecule has 0 aromatic heterocycles. The highest BCUT2D eigenvalue weighted by atomic mass is 19.4. The SMILES string of the molecule is CC1CCC(C(=O)Nc2ccc(N)cc2C(F)(F)F)O1. The van der Waals surface area contributed by atoms with Gasteiger partial charge in [0.05, 0.1) is 17.4 Å². The lowest BCUT2D eigenvalue weighted by atomic mass is 10.1. The Hall–Kier alpha value is -1.76. The van der Waals surface area contributed by atoms with Gasteiger partial charge in [0, 0.05) is 5.69 Å². The molecule has 0 bridgehead atoms. The van der Waals surface area contributed by atoms with Gasteiger partial charge in [0.25, 0.3) is 5.91 Å². The summed E-state index contributed by atoms with van der Waals surface area (Å²) >= 11 is 0. The van der Waals surface area contributed by atoms with Crippen molar-refractivity contribution in [2.45, 2.75) is 38.1 Å². The van der Waals surface area contributed by atoms with E-state index in [9.17, 15) is 18.0 Å². The van der Waals surface area contributed by atoms with E-state index in [1.165, 1.54) is 6.07 Å². The zero-order valence-corrected chi connectivity index (χ0v) is 10.8. The summed E-state index contributed by atoms with van der Waals surface area (Å²) < 4.78 is 44.0. The quantitative estimate of drug-likeness (QED) is 0.822. The molecule has 1 aliphatic heterocycles. The number of carbonyl (C=O) groups excluding carboxylic acids is 1. The predicted molar refractivity (Wildman–Crippen MR) is 68.1 cm³/mol. The molecular formula is C13H15F3N2O2. The second kappa shape index (κ2) is 5.32. The predicted octanol–water partition coefficient (Wildman–Crippen LogP) is 2.79. The summed E-state index contributed by atoms with van der Waals surface area (Å²) in [6.07, 6.45) is -4.13. The minimum absolute atomic E-state index is 0.0129. The first-order chi connectivity index (χ1) is 9.27. The second-order valence-electron chi connectivity index (χ2n) is 4.80. The lowest BCUT2D eigenvalue weighted by Crippen LogP contribution is -2.28. The van der Waals surface area contributed by atoms with Gasteiger partial charge in [-0.15, -0.1) is 0 Å². The Bertz CT molecular complexity index is 517. The Morgan fingerprint density at radius 3 is 2.65 bits per heavy atom. The highest BCUT2D eigenvalue weighted by Gasteiger charge is 2.35. The van der Waals surface area contributed by atoms with Crippen molar-refractivity contribution in [3.8, 4) is 0 Å². The maximum absolute atomic E-state index is 12.9. The van der Waals surface area contributed by atoms with Gasteiger partial charge in [-0.1, -0.05) is 0 Å². The van der Waals surface area contributed by atoms with E-state index < -0.39 is 23.8 Å². The summed E-state index contributed by atoms with van der Waals surface area (Å²) in [6, 6.07) is 3.26. The van der Waals surface area contributed by atoms with Crippen molar-refractivity contribution in [3.05, 3.63) is 23.8 Å². The number of halogens is 3. The average molecular weight is 288 g/mol. The highest BCUT2D eigenvalue weighted by Crippen LogP contribution is 2.36. The maximum atomic E-state index is 12.9. The van der Waals surface area contributed by atoms with Gasteiger partial charge in [-0.05, 0) is 38.0 Å². The molecule has 0 radical (unpaired) electrons. The number of carbonyl (C=O) groups is 1. The van der Waals surface area contributed by atoms with E-state index in [4.69, 9.17) is 10.5 Å². The Labute approximate surface area is 114 Å². The van der Waals surface area contributed by atoms with Gasteiger partial charge >= 0.3 is 6.18 Å². The molecule has 1 saturated heterocycles. The van der Waals surface area contributed by atoms with Crippen LogP contribution >= 0.6 is 0 Å². The smallest absolute Gasteiger partial charge is 0.399 e. The number of alkyl halides is 3. The van der Waals surface area contributed by atoms with Crippen molar-refractivity contribution >= 4 is 17.3 Å². The summed E-state index contributed by atoms with van der Waals surface area (Å²) in [6.45, 7) is 1.82. The van der Waals surface area contributed by atoms with Gasteiger partial charge in [-0.2, -0.15) is 13.2 Å². The van der Waals surface area contributed by atoms with Crippen molar-refractivity contribution in [3.63, 3.8) is 0 Å². The van der Waals surface area contributed by atoms with E-state index in [1.54, 1.807) is 0 Å². The molecule has 3 N–H and O–H groups in total. The fourth-order valence-corrected chi connectivity index (χ4v) is 2.11. The molecule has 2 rings (SSSR count). The van der Waals surface area contributed by atoms with Crippen LogP contribution in [0.2, 0.25) is 0 Å². The summed E-state index contributed by atoms with van der Waals surface area (Å²) in [5.41, 5.74) is 4.08. The van der Waals surface area contributed by atoms with Crippen molar-refractivity contribution < 1.29 is 22.7 Å². The number of nitrogens with one attached hydrogen (secondary N) is 1. The van der Waals surface area contributed by atoms with Crippen LogP contribution in [0.5, 0.6) is 0 Å². The van der Waals surface area contributed by atoms with Crippen LogP contribution in [0.1, 0.15) is 25.3 Å². The van der Waals surface area contributed by atoms with Crippen LogP contribution in [-0.2, 0) is 15.7 Å². The Morgan fingerprint density at radius 1 is 1.40 bits per heavy atom. The monoisotopic (exact) mass is 288 g/mol. The molecule has 4 nitrogen and oxygen atoms in total. The fourth-order valence-electron chi connectivity index (χ4n) is 2.11. The van der Waals surface area contributed by atoms with Crippen LogP contribution in [0.25, 0.3) is 0 Å². The lowest BCUT2D eigenvalue weighted by Gasteiger charge is -2.16. The molecule has 2 atom stereocenters. The molecule has 2 unspecified atom stereocenters. The number of nitrogen functional groups attached to an aromatic ring is 1. The van der Waals surface area contributed by atoms with Crippen LogP contribution in [-0.4, -0.2) is 18.1 Å². The highest BCUT2D eigenvalue weighted by molar-refractivity contribution is 5.95. The third-order valence-electron chi connectivity index (χ3n) is 3.13. The molecule has 1 aliphatic rings.